The Morgan fingerprint density at radius 2 is 1.61 bits per heavy atom. The van der Waals surface area contributed by atoms with Gasteiger partial charge in [0.2, 0.25) is 17.8 Å². The largest absolute Gasteiger partial charge is 0.507 e. The summed E-state index contributed by atoms with van der Waals surface area (Å²) in [4.78, 5) is 58.3. The van der Waals surface area contributed by atoms with Crippen molar-refractivity contribution in [3.8, 4) is 17.0 Å². The molecule has 2 bridgehead atoms. The van der Waals surface area contributed by atoms with Crippen LogP contribution in [-0.4, -0.2) is 134 Å². The number of ether oxygens (including phenoxy) is 1. The van der Waals surface area contributed by atoms with E-state index in [1.165, 1.54) is 17.6 Å². The molecule has 61 heavy (non-hydrogen) atoms. The number of phenolic OH excluding ortho intramolecular Hbond substituents is 1. The maximum Gasteiger partial charge on any atom is 0.328 e. The number of likely N-dealkylation sites (tertiary alicyclic amines) is 2. The SMILES string of the molecule is COC(=O)[C@@H]1C[C@@H](O)CN1C(=O)[C@@H](NC(=O)C1CC2(C1)CC(N1CCC(c3cnc(N4C5CCC4CN(c4cc(-c6ccccc6O)nnc4N)C5)nc3)CC1)C2)C(C)(C)C. The molecule has 2 aromatic heterocycles. The number of piperazine rings is 1. The van der Waals surface area contributed by atoms with Crippen molar-refractivity contribution in [2.75, 3.05) is 55.4 Å². The smallest absolute Gasteiger partial charge is 0.328 e. The third-order valence-electron chi connectivity index (χ3n) is 14.7. The number of nitrogens with zero attached hydrogens (tertiary/aromatic N) is 8. The second-order valence-electron chi connectivity index (χ2n) is 19.7. The number of anilines is 3. The maximum absolute atomic E-state index is 13.7. The van der Waals surface area contributed by atoms with Crippen molar-refractivity contribution in [3.63, 3.8) is 0 Å². The number of nitrogens with two attached hydrogens (primary N) is 1. The highest BCUT2D eigenvalue weighted by molar-refractivity contribution is 5.92. The van der Waals surface area contributed by atoms with Gasteiger partial charge in [-0.25, -0.2) is 14.8 Å². The fraction of sp³-hybridized carbons (Fsp3) is 0.622. The summed E-state index contributed by atoms with van der Waals surface area (Å²) >= 11 is 0. The van der Waals surface area contributed by atoms with Gasteiger partial charge in [0.05, 0.1) is 24.6 Å². The van der Waals surface area contributed by atoms with Gasteiger partial charge < -0.3 is 45.6 Å². The number of aliphatic hydroxyl groups excluding tert-OH is 1. The number of para-hydroxylation sites is 1. The number of carbonyl (C=O) groups is 3. The van der Waals surface area contributed by atoms with Crippen LogP contribution in [0.3, 0.4) is 0 Å². The summed E-state index contributed by atoms with van der Waals surface area (Å²) < 4.78 is 4.90. The Bertz CT molecular complexity index is 2110. The molecule has 6 heterocycles. The number of hydrogen-bond acceptors (Lipinski definition) is 14. The number of aromatic nitrogens is 4. The summed E-state index contributed by atoms with van der Waals surface area (Å²) in [7, 11) is 1.28. The Hall–Kier alpha value is -5.09. The van der Waals surface area contributed by atoms with Crippen LogP contribution in [0.15, 0.2) is 42.7 Å². The van der Waals surface area contributed by atoms with Crippen LogP contribution in [0.25, 0.3) is 11.3 Å². The number of fused-ring (bicyclic) bond motifs is 2. The van der Waals surface area contributed by atoms with Crippen LogP contribution in [0.5, 0.6) is 5.75 Å². The first-order valence-electron chi connectivity index (χ1n) is 22.1. The van der Waals surface area contributed by atoms with Gasteiger partial charge in [-0.05, 0) is 105 Å². The first kappa shape index (κ1) is 41.3. The highest BCUT2D eigenvalue weighted by atomic mass is 16.5. The van der Waals surface area contributed by atoms with Gasteiger partial charge in [0.25, 0.3) is 0 Å². The topological polar surface area (TPSA) is 203 Å². The lowest BCUT2D eigenvalue weighted by atomic mass is 9.49. The molecule has 16 nitrogen and oxygen atoms in total. The zero-order valence-electron chi connectivity index (χ0n) is 35.7. The summed E-state index contributed by atoms with van der Waals surface area (Å²) in [6.45, 7) is 9.38. The van der Waals surface area contributed by atoms with Crippen LogP contribution >= 0.6 is 0 Å². The van der Waals surface area contributed by atoms with E-state index in [0.717, 1.165) is 89.2 Å². The number of amides is 2. The van der Waals surface area contributed by atoms with Crippen molar-refractivity contribution in [2.45, 2.75) is 121 Å². The number of benzene rings is 1. The number of hydrogen-bond donors (Lipinski definition) is 4. The minimum atomic E-state index is -0.854. The molecule has 5 atom stereocenters. The van der Waals surface area contributed by atoms with Crippen LogP contribution in [0.2, 0.25) is 0 Å². The number of nitrogens with one attached hydrogen (secondary N) is 1. The first-order chi connectivity index (χ1) is 29.2. The highest BCUT2D eigenvalue weighted by Crippen LogP contribution is 2.60. The van der Waals surface area contributed by atoms with Gasteiger partial charge in [-0.3, -0.25) is 9.59 Å². The number of aromatic hydroxyl groups is 1. The maximum atomic E-state index is 13.7. The zero-order valence-corrected chi connectivity index (χ0v) is 35.7. The van der Waals surface area contributed by atoms with Crippen molar-refractivity contribution in [3.05, 3.63) is 48.3 Å². The third-order valence-corrected chi connectivity index (χ3v) is 14.7. The number of methoxy groups -OCH3 is 1. The van der Waals surface area contributed by atoms with Gasteiger partial charge in [0.15, 0.2) is 5.82 Å². The Morgan fingerprint density at radius 3 is 2.25 bits per heavy atom. The van der Waals surface area contributed by atoms with Gasteiger partial charge in [0, 0.05) is 68.1 Å². The molecule has 3 aromatic rings. The zero-order chi connectivity index (χ0) is 42.8. The number of β-amino-alcohol motifs (C(OH)–C–C–N with tert-alkyl or cyclic N) is 1. The number of nitrogen functional groups attached to an aromatic ring is 1. The molecule has 1 spiro atoms. The average Bonchev–Trinajstić information content (AvgIpc) is 3.74. The molecule has 2 unspecified atom stereocenters. The average molecular weight is 837 g/mol. The number of carbonyl (C=O) groups excluding carboxylic acids is 3. The summed E-state index contributed by atoms with van der Waals surface area (Å²) in [5.74, 6) is 0.609. The number of rotatable bonds is 9. The minimum absolute atomic E-state index is 0.0426. The molecule has 0 radical (unpaired) electrons. The molecule has 6 fully saturated rings. The molecule has 2 saturated carbocycles. The standard InChI is InChI=1S/C45H60N10O6/c1-44(2,3)38(41(59)54-25-32(56)15-36(54)42(60)61-4)49-40(58)27-17-45(18-27)19-31(20-45)52-13-11-26(12-14-52)28-21-47-43(48-22-28)55-29-9-10-30(55)24-53(23-29)35-16-34(50-51-39(35)46)33-7-5-6-8-37(33)57/h5-8,16,21-22,26-27,29-32,36,38,56-57H,9-15,17-20,23-25H2,1-4H3,(H2,46,51)(H,49,58)/t27?,29?,30?,31?,32-,36+,38-,45?/m1/s1. The molecule has 2 aliphatic carbocycles. The molecule has 2 amide bonds. The third kappa shape index (κ3) is 7.85. The van der Waals surface area contributed by atoms with Crippen LogP contribution in [0.1, 0.15) is 90.0 Å². The van der Waals surface area contributed by atoms with Gasteiger partial charge in [0.1, 0.15) is 17.8 Å². The normalized spacial score (nSPS) is 29.6. The van der Waals surface area contributed by atoms with E-state index in [2.05, 4.69) is 30.2 Å². The number of piperidine rings is 1. The van der Waals surface area contributed by atoms with E-state index in [1.807, 2.05) is 51.4 Å². The molecular weight excluding hydrogens is 777 g/mol. The van der Waals surface area contributed by atoms with Gasteiger partial charge in [-0.1, -0.05) is 32.9 Å². The summed E-state index contributed by atoms with van der Waals surface area (Å²) in [6, 6.07) is 8.43. The molecule has 4 aliphatic heterocycles. The van der Waals surface area contributed by atoms with Crippen LogP contribution < -0.4 is 20.9 Å². The van der Waals surface area contributed by atoms with E-state index in [0.29, 0.717) is 29.0 Å². The second kappa shape index (κ2) is 16.0. The number of aliphatic hydroxyl groups is 1. The van der Waals surface area contributed by atoms with Crippen molar-refractivity contribution in [2.24, 2.45) is 16.7 Å². The fourth-order valence-electron chi connectivity index (χ4n) is 11.4. The van der Waals surface area contributed by atoms with Gasteiger partial charge in [-0.2, -0.15) is 0 Å². The summed E-state index contributed by atoms with van der Waals surface area (Å²) in [5, 5.41) is 32.2. The Kier molecular flexibility index (Phi) is 10.8. The predicted octanol–water partition coefficient (Wildman–Crippen LogP) is 3.48. The van der Waals surface area contributed by atoms with E-state index >= 15 is 0 Å². The monoisotopic (exact) mass is 836 g/mol. The lowest BCUT2D eigenvalue weighted by molar-refractivity contribution is -0.154. The van der Waals surface area contributed by atoms with E-state index in [1.54, 1.807) is 12.1 Å². The molecule has 9 rings (SSSR count). The van der Waals surface area contributed by atoms with Crippen molar-refractivity contribution in [1.82, 2.24) is 35.3 Å². The van der Waals surface area contributed by atoms with Crippen LogP contribution in [0, 0.1) is 16.7 Å². The van der Waals surface area contributed by atoms with Crippen molar-refractivity contribution >= 4 is 35.2 Å². The van der Waals surface area contributed by atoms with Crippen LogP contribution in [-0.2, 0) is 19.1 Å². The molecule has 5 N–H and O–H groups in total. The Balaban J connectivity index is 0.741. The quantitative estimate of drug-likeness (QED) is 0.228. The number of esters is 1. The van der Waals surface area contributed by atoms with E-state index < -0.39 is 29.6 Å². The van der Waals surface area contributed by atoms with E-state index in [-0.39, 0.29) is 53.9 Å². The molecule has 4 saturated heterocycles. The summed E-state index contributed by atoms with van der Waals surface area (Å²) in [6.07, 6.45) is 11.5. The van der Waals surface area contributed by atoms with Crippen LogP contribution in [0.4, 0.5) is 17.5 Å². The van der Waals surface area contributed by atoms with Crippen molar-refractivity contribution in [1.29, 1.82) is 0 Å². The fourth-order valence-corrected chi connectivity index (χ4v) is 11.4. The molecule has 6 aliphatic rings. The lowest BCUT2D eigenvalue weighted by Gasteiger charge is -2.60. The summed E-state index contributed by atoms with van der Waals surface area (Å²) in [5.41, 5.74) is 9.23. The Morgan fingerprint density at radius 1 is 0.934 bits per heavy atom. The molecule has 1 aromatic carbocycles. The Labute approximate surface area is 357 Å². The first-order valence-corrected chi connectivity index (χ1v) is 22.1. The van der Waals surface area contributed by atoms with E-state index in [4.69, 9.17) is 20.4 Å². The second-order valence-corrected chi connectivity index (χ2v) is 19.7. The predicted molar refractivity (Wildman–Crippen MR) is 228 cm³/mol. The highest BCUT2D eigenvalue weighted by Gasteiger charge is 2.57. The minimum Gasteiger partial charge on any atom is -0.507 e. The lowest BCUT2D eigenvalue weighted by Crippen LogP contribution is -2.62. The number of phenols is 1. The van der Waals surface area contributed by atoms with Crippen molar-refractivity contribution < 1.29 is 29.3 Å². The molecule has 326 valence electrons. The van der Waals surface area contributed by atoms with Gasteiger partial charge >= 0.3 is 5.97 Å². The van der Waals surface area contributed by atoms with E-state index in [9.17, 15) is 24.6 Å². The molecule has 16 heteroatoms. The molecular formula is C45H60N10O6. The van der Waals surface area contributed by atoms with Gasteiger partial charge in [-0.15, -0.1) is 10.2 Å².